The molecular formula is C32H54O11. The molecule has 0 aromatic rings. The Kier molecular flexibility index (Phi) is 40.8. The van der Waals surface area contributed by atoms with Gasteiger partial charge < -0.3 is 29.5 Å². The lowest BCUT2D eigenvalue weighted by Crippen LogP contribution is -2.06. The fourth-order valence-corrected chi connectivity index (χ4v) is 2.19. The van der Waals surface area contributed by atoms with Crippen LogP contribution in [-0.4, -0.2) is 72.1 Å². The van der Waals surface area contributed by atoms with E-state index in [9.17, 15) is 24.0 Å². The predicted octanol–water partition coefficient (Wildman–Crippen LogP) is 5.84. The highest BCUT2D eigenvalue weighted by Crippen LogP contribution is 2.20. The topological polar surface area (TPSA) is 174 Å². The molecule has 0 saturated heterocycles. The summed E-state index contributed by atoms with van der Waals surface area (Å²) >= 11 is 0. The van der Waals surface area contributed by atoms with E-state index in [0.717, 1.165) is 37.8 Å². The summed E-state index contributed by atoms with van der Waals surface area (Å²) in [7, 11) is 1.33. The zero-order chi connectivity index (χ0) is 34.8. The number of carboxylic acids is 2. The summed E-state index contributed by atoms with van der Waals surface area (Å²) in [6, 6.07) is 0. The molecule has 0 aromatic heterocycles. The smallest absolute Gasteiger partial charge is 0.333 e. The lowest BCUT2D eigenvalue weighted by atomic mass is 9.92. The zero-order valence-corrected chi connectivity index (χ0v) is 26.9. The minimum atomic E-state index is -0.981. The third kappa shape index (κ3) is 45.2. The van der Waals surface area contributed by atoms with Gasteiger partial charge in [-0.3, -0.25) is 0 Å². The number of ether oxygens (including phenoxy) is 3. The van der Waals surface area contributed by atoms with E-state index in [-0.39, 0.29) is 25.2 Å². The summed E-state index contributed by atoms with van der Waals surface area (Å²) in [5, 5.41) is 24.4. The van der Waals surface area contributed by atoms with Gasteiger partial charge >= 0.3 is 29.8 Å². The van der Waals surface area contributed by atoms with E-state index >= 15 is 0 Å². The van der Waals surface area contributed by atoms with E-state index in [4.69, 9.17) is 20.1 Å². The first-order valence-electron chi connectivity index (χ1n) is 13.8. The summed E-state index contributed by atoms with van der Waals surface area (Å²) in [5.41, 5.74) is 1.25. The van der Waals surface area contributed by atoms with E-state index in [1.165, 1.54) is 20.0 Å². The highest BCUT2D eigenvalue weighted by atomic mass is 16.5. The Morgan fingerprint density at radius 2 is 1.28 bits per heavy atom. The molecule has 1 unspecified atom stereocenters. The van der Waals surface area contributed by atoms with E-state index in [1.807, 2.05) is 0 Å². The standard InChI is InChI=1S/C11H20O2.C8H14O2.C5H8O3.C5H8O2.C3H4O2/c1-4-6-7-10(5-2)8-9(3)11(12)13;1-4-5-6-10-8(9)7(2)3;1-2-5(7)8-4-3-6;1-4(2)5(6)7-3;1-2-3(4)5/h10H,3-8H2,1-2H3,(H,12,13);2,4-6H2,1,3H3;2,6H,1,3-4H2;1H2,2-3H3;2H,1H2,(H,4,5). The highest BCUT2D eigenvalue weighted by molar-refractivity contribution is 5.87. The van der Waals surface area contributed by atoms with Crippen LogP contribution in [0.15, 0.2) is 61.8 Å². The van der Waals surface area contributed by atoms with Gasteiger partial charge in [0.05, 0.1) is 20.3 Å². The van der Waals surface area contributed by atoms with Crippen LogP contribution >= 0.6 is 0 Å². The third-order valence-corrected chi connectivity index (χ3v) is 4.67. The molecule has 248 valence electrons. The van der Waals surface area contributed by atoms with Gasteiger partial charge in [0.2, 0.25) is 0 Å². The average Bonchev–Trinajstić information content (AvgIpc) is 2.98. The first-order chi connectivity index (χ1) is 20.1. The van der Waals surface area contributed by atoms with Crippen LogP contribution in [0, 0.1) is 5.92 Å². The van der Waals surface area contributed by atoms with Gasteiger partial charge in [-0.2, -0.15) is 0 Å². The van der Waals surface area contributed by atoms with E-state index in [1.54, 1.807) is 13.8 Å². The average molecular weight is 615 g/mol. The molecule has 0 saturated carbocycles. The Morgan fingerprint density at radius 3 is 1.56 bits per heavy atom. The van der Waals surface area contributed by atoms with Crippen molar-refractivity contribution in [2.24, 2.45) is 5.92 Å². The van der Waals surface area contributed by atoms with Crippen LogP contribution in [0.3, 0.4) is 0 Å². The fraction of sp³-hybridized carbons (Fsp3) is 0.531. The molecule has 0 fully saturated rings. The lowest BCUT2D eigenvalue weighted by Gasteiger charge is -2.13. The molecule has 43 heavy (non-hydrogen) atoms. The monoisotopic (exact) mass is 614 g/mol. The Bertz CT molecular complexity index is 857. The molecule has 0 heterocycles. The highest BCUT2D eigenvalue weighted by Gasteiger charge is 2.11. The van der Waals surface area contributed by atoms with Crippen LogP contribution in [-0.2, 0) is 38.2 Å². The zero-order valence-electron chi connectivity index (χ0n) is 26.9. The van der Waals surface area contributed by atoms with Gasteiger partial charge in [-0.05, 0) is 32.6 Å². The molecule has 0 radical (unpaired) electrons. The number of aliphatic hydroxyl groups is 1. The maximum Gasteiger partial charge on any atom is 0.333 e. The number of unbranched alkanes of at least 4 members (excludes halogenated alkanes) is 2. The van der Waals surface area contributed by atoms with Gasteiger partial charge in [-0.1, -0.05) is 85.8 Å². The van der Waals surface area contributed by atoms with Crippen LogP contribution in [0.1, 0.15) is 79.6 Å². The summed E-state index contributed by atoms with van der Waals surface area (Å²) in [5.74, 6) is -2.46. The quantitative estimate of drug-likeness (QED) is 0.0824. The van der Waals surface area contributed by atoms with Crippen LogP contribution in [0.25, 0.3) is 0 Å². The number of carboxylic acid groups (broad SMARTS) is 2. The van der Waals surface area contributed by atoms with Gasteiger partial charge in [-0.15, -0.1) is 0 Å². The summed E-state index contributed by atoms with van der Waals surface area (Å²) < 4.78 is 13.4. The van der Waals surface area contributed by atoms with Crippen molar-refractivity contribution in [3.63, 3.8) is 0 Å². The molecule has 11 heteroatoms. The SMILES string of the molecule is C=C(C)C(=O)OC.C=C(C)C(=O)OCCCC.C=C(CC(CC)CCCC)C(=O)O.C=CC(=O)O.C=CC(=O)OCCO. The second-order valence-corrected chi connectivity index (χ2v) is 8.71. The molecule has 3 N–H and O–H groups in total. The number of hydrogen-bond acceptors (Lipinski definition) is 9. The molecule has 0 bridgehead atoms. The number of carbonyl (C=O) groups is 5. The fourth-order valence-electron chi connectivity index (χ4n) is 2.19. The van der Waals surface area contributed by atoms with Crippen molar-refractivity contribution in [3.05, 3.63) is 61.8 Å². The van der Waals surface area contributed by atoms with Crippen molar-refractivity contribution in [2.75, 3.05) is 26.9 Å². The van der Waals surface area contributed by atoms with Crippen molar-refractivity contribution >= 4 is 29.8 Å². The second-order valence-electron chi connectivity index (χ2n) is 8.71. The normalized spacial score (nSPS) is 9.37. The molecule has 0 aromatic carbocycles. The maximum absolute atomic E-state index is 10.7. The molecule has 0 aliphatic rings. The van der Waals surface area contributed by atoms with Gasteiger partial charge in [0.1, 0.15) is 6.61 Å². The summed E-state index contributed by atoms with van der Waals surface area (Å²) in [4.78, 5) is 50.8. The number of rotatable bonds is 16. The number of hydrogen-bond donors (Lipinski definition) is 3. The molecule has 0 aliphatic heterocycles. The number of aliphatic carboxylic acids is 2. The van der Waals surface area contributed by atoms with Crippen molar-refractivity contribution in [1.29, 1.82) is 0 Å². The van der Waals surface area contributed by atoms with Gasteiger partial charge in [0.15, 0.2) is 0 Å². The molecule has 0 aliphatic carbocycles. The summed E-state index contributed by atoms with van der Waals surface area (Å²) in [6.07, 6.45) is 9.04. The predicted molar refractivity (Wildman–Crippen MR) is 168 cm³/mol. The first kappa shape index (κ1) is 48.7. The first-order valence-corrected chi connectivity index (χ1v) is 13.8. The van der Waals surface area contributed by atoms with Gasteiger partial charge in [0, 0.05) is 28.9 Å². The number of carbonyl (C=O) groups excluding carboxylic acids is 3. The van der Waals surface area contributed by atoms with Crippen LogP contribution < -0.4 is 0 Å². The molecule has 0 amide bonds. The van der Waals surface area contributed by atoms with Crippen molar-refractivity contribution in [2.45, 2.75) is 79.6 Å². The number of esters is 3. The van der Waals surface area contributed by atoms with Gasteiger partial charge in [-0.25, -0.2) is 24.0 Å². The Labute approximate surface area is 257 Å². The molecule has 1 atom stereocenters. The van der Waals surface area contributed by atoms with Crippen LogP contribution in [0.4, 0.5) is 0 Å². The second kappa shape index (κ2) is 36.0. The summed E-state index contributed by atoms with van der Waals surface area (Å²) in [6.45, 7) is 26.5. The van der Waals surface area contributed by atoms with Crippen molar-refractivity contribution in [3.8, 4) is 0 Å². The minimum absolute atomic E-state index is 0.0465. The minimum Gasteiger partial charge on any atom is -0.478 e. The van der Waals surface area contributed by atoms with Crippen LogP contribution in [0.2, 0.25) is 0 Å². The van der Waals surface area contributed by atoms with Crippen LogP contribution in [0.5, 0.6) is 0 Å². The molecule has 11 nitrogen and oxygen atoms in total. The Morgan fingerprint density at radius 1 is 0.791 bits per heavy atom. The van der Waals surface area contributed by atoms with Gasteiger partial charge in [0.25, 0.3) is 0 Å². The molecule has 0 rings (SSSR count). The number of aliphatic hydroxyl groups excluding tert-OH is 1. The largest absolute Gasteiger partial charge is 0.478 e. The van der Waals surface area contributed by atoms with Crippen molar-refractivity contribution < 1.29 is 53.5 Å². The lowest BCUT2D eigenvalue weighted by molar-refractivity contribution is -0.139. The van der Waals surface area contributed by atoms with E-state index in [0.29, 0.717) is 35.7 Å². The Hall–Kier alpha value is -3.99. The molecule has 0 spiro atoms. The maximum atomic E-state index is 10.7. The third-order valence-electron chi connectivity index (χ3n) is 4.67. The molecular weight excluding hydrogens is 560 g/mol. The number of methoxy groups -OCH3 is 1. The van der Waals surface area contributed by atoms with Crippen molar-refractivity contribution in [1.82, 2.24) is 0 Å². The Balaban J connectivity index is -0.000000145. The van der Waals surface area contributed by atoms with E-state index < -0.39 is 17.9 Å². The van der Waals surface area contributed by atoms with E-state index in [2.05, 4.69) is 63.1 Å².